The molecule has 1 fully saturated rings. The normalized spacial score (nSPS) is 21.6. The minimum absolute atomic E-state index is 0.150. The lowest BCUT2D eigenvalue weighted by molar-refractivity contribution is -0.149. The monoisotopic (exact) mass is 538 g/mol. The van der Waals surface area contributed by atoms with Crippen LogP contribution in [0.1, 0.15) is 42.0 Å². The molecule has 9 nitrogen and oxygen atoms in total. The van der Waals surface area contributed by atoms with Crippen LogP contribution in [-0.2, 0) is 34.8 Å². The summed E-state index contributed by atoms with van der Waals surface area (Å²) in [6.07, 6.45) is 0.0848. The van der Waals surface area contributed by atoms with E-state index in [9.17, 15) is 14.7 Å². The van der Waals surface area contributed by atoms with E-state index in [0.717, 1.165) is 48.2 Å². The number of fused-ring (bicyclic) bond motifs is 5. The summed E-state index contributed by atoms with van der Waals surface area (Å²) in [6.45, 7) is 6.57. The zero-order valence-corrected chi connectivity index (χ0v) is 22.6. The van der Waals surface area contributed by atoms with Crippen molar-refractivity contribution in [1.29, 1.82) is 0 Å². The largest absolute Gasteiger partial charge is 0.495 e. The fourth-order valence-corrected chi connectivity index (χ4v) is 6.16. The summed E-state index contributed by atoms with van der Waals surface area (Å²) >= 11 is 6.51. The number of nitrogens with zero attached hydrogens (tertiary/aromatic N) is 4. The van der Waals surface area contributed by atoms with Crippen LogP contribution in [0.3, 0.4) is 0 Å². The van der Waals surface area contributed by atoms with Gasteiger partial charge in [-0.3, -0.25) is 14.5 Å². The second-order valence-corrected chi connectivity index (χ2v) is 10.9. The minimum atomic E-state index is -1.48. The fraction of sp³-hybridized carbons (Fsp3) is 0.464. The number of carbonyl (C=O) groups is 1. The van der Waals surface area contributed by atoms with Crippen molar-refractivity contribution in [2.45, 2.75) is 45.1 Å². The molecule has 3 aromatic rings. The number of methoxy groups -OCH3 is 1. The molecule has 6 rings (SSSR count). The first-order chi connectivity index (χ1) is 18.2. The summed E-state index contributed by atoms with van der Waals surface area (Å²) in [6, 6.07) is 5.58. The van der Waals surface area contributed by atoms with Crippen molar-refractivity contribution >= 4 is 28.5 Å². The van der Waals surface area contributed by atoms with E-state index in [0.29, 0.717) is 46.4 Å². The Bertz CT molecular complexity index is 1530. The fourth-order valence-electron chi connectivity index (χ4n) is 5.93. The predicted octanol–water partition coefficient (Wildman–Crippen LogP) is 2.88. The van der Waals surface area contributed by atoms with Gasteiger partial charge in [0.25, 0.3) is 5.56 Å². The summed E-state index contributed by atoms with van der Waals surface area (Å²) in [7, 11) is 3.73. The Labute approximate surface area is 225 Å². The molecule has 0 radical (unpaired) electrons. The molecule has 200 valence electrons. The van der Waals surface area contributed by atoms with Crippen molar-refractivity contribution in [3.05, 3.63) is 55.8 Å². The van der Waals surface area contributed by atoms with Crippen LogP contribution in [0, 0.1) is 0 Å². The van der Waals surface area contributed by atoms with Crippen LogP contribution in [0.4, 0.5) is 0 Å². The zero-order valence-electron chi connectivity index (χ0n) is 21.8. The third kappa shape index (κ3) is 4.00. The molecular formula is C28H31ClN4O5. The van der Waals surface area contributed by atoms with Crippen LogP contribution in [0.25, 0.3) is 22.3 Å². The second-order valence-electron chi connectivity index (χ2n) is 10.5. The van der Waals surface area contributed by atoms with E-state index in [-0.39, 0.29) is 25.0 Å². The molecule has 1 unspecified atom stereocenters. The van der Waals surface area contributed by atoms with Crippen molar-refractivity contribution in [3.8, 4) is 17.1 Å². The van der Waals surface area contributed by atoms with Crippen LogP contribution < -0.4 is 10.3 Å². The van der Waals surface area contributed by atoms with Gasteiger partial charge in [-0.2, -0.15) is 0 Å². The maximum absolute atomic E-state index is 13.8. The van der Waals surface area contributed by atoms with Crippen molar-refractivity contribution in [3.63, 3.8) is 0 Å². The number of esters is 1. The summed E-state index contributed by atoms with van der Waals surface area (Å²) in [4.78, 5) is 35.8. The number of rotatable bonds is 4. The number of cyclic esters (lactones) is 1. The maximum atomic E-state index is 13.8. The van der Waals surface area contributed by atoms with Gasteiger partial charge in [0.15, 0.2) is 0 Å². The molecule has 3 aliphatic heterocycles. The molecule has 0 aliphatic carbocycles. The average molecular weight is 539 g/mol. The topological polar surface area (TPSA) is 97.1 Å². The number of hydrogen-bond donors (Lipinski definition) is 1. The SMILES string of the molecule is CCC1(O)CC(=O)OCc2c1cc1n(c2=O)Cc2c-1nc1cc(Cl)c(OC)cc1c2CN1CCN(C)CC1. The Balaban J connectivity index is 1.57. The Morgan fingerprint density at radius 2 is 1.92 bits per heavy atom. The van der Waals surface area contributed by atoms with Crippen LogP contribution in [0.15, 0.2) is 23.0 Å². The van der Waals surface area contributed by atoms with Gasteiger partial charge in [0.05, 0.1) is 47.6 Å². The first-order valence-electron chi connectivity index (χ1n) is 13.0. The van der Waals surface area contributed by atoms with Gasteiger partial charge in [0, 0.05) is 43.7 Å². The van der Waals surface area contributed by atoms with Gasteiger partial charge in [-0.05, 0) is 42.8 Å². The molecule has 0 spiro atoms. The van der Waals surface area contributed by atoms with Crippen LogP contribution >= 0.6 is 11.6 Å². The third-order valence-corrected chi connectivity index (χ3v) is 8.61. The Morgan fingerprint density at radius 1 is 1.16 bits per heavy atom. The number of aromatic nitrogens is 2. The molecule has 0 saturated carbocycles. The number of ether oxygens (including phenoxy) is 2. The Hall–Kier alpha value is -2.98. The minimum Gasteiger partial charge on any atom is -0.495 e. The van der Waals surface area contributed by atoms with Gasteiger partial charge >= 0.3 is 5.97 Å². The van der Waals surface area contributed by atoms with Gasteiger partial charge in [0.2, 0.25) is 0 Å². The highest BCUT2D eigenvalue weighted by Gasteiger charge is 2.40. The van der Waals surface area contributed by atoms with Gasteiger partial charge in [-0.25, -0.2) is 4.98 Å². The molecule has 2 aromatic heterocycles. The standard InChI is InChI=1S/C28H31ClN4O5/c1-4-28(36)12-25(34)38-15-19-20(28)10-23-26-18(14-33(23)27(19)35)17(13-32-7-5-31(2)6-8-32)16-9-24(37-3)21(29)11-22(16)30-26/h9-11,36H,4-8,12-15H2,1-3H3. The number of piperazine rings is 1. The van der Waals surface area contributed by atoms with E-state index in [1.807, 2.05) is 18.2 Å². The molecule has 1 atom stereocenters. The highest BCUT2D eigenvalue weighted by atomic mass is 35.5. The molecular weight excluding hydrogens is 508 g/mol. The van der Waals surface area contributed by atoms with Crippen molar-refractivity contribution < 1.29 is 19.4 Å². The second kappa shape index (κ2) is 9.34. The quantitative estimate of drug-likeness (QED) is 0.396. The maximum Gasteiger partial charge on any atom is 0.309 e. The van der Waals surface area contributed by atoms with Crippen molar-refractivity contribution in [2.75, 3.05) is 40.3 Å². The van der Waals surface area contributed by atoms with E-state index in [2.05, 4.69) is 16.8 Å². The highest BCUT2D eigenvalue weighted by Crippen LogP contribution is 2.42. The summed E-state index contributed by atoms with van der Waals surface area (Å²) in [5, 5.41) is 12.8. The number of carbonyl (C=O) groups excluding carboxylic acids is 1. The smallest absolute Gasteiger partial charge is 0.309 e. The van der Waals surface area contributed by atoms with Gasteiger partial charge < -0.3 is 24.0 Å². The summed E-state index contributed by atoms with van der Waals surface area (Å²) in [5.74, 6) is 0.0624. The predicted molar refractivity (Wildman–Crippen MR) is 143 cm³/mol. The number of halogens is 1. The van der Waals surface area contributed by atoms with Gasteiger partial charge in [-0.15, -0.1) is 0 Å². The lowest BCUT2D eigenvalue weighted by Crippen LogP contribution is -2.44. The Morgan fingerprint density at radius 3 is 2.63 bits per heavy atom. The van der Waals surface area contributed by atoms with Crippen LogP contribution in [0.5, 0.6) is 5.75 Å². The van der Waals surface area contributed by atoms with Gasteiger partial charge in [0.1, 0.15) is 18.0 Å². The number of aliphatic hydroxyl groups is 1. The van der Waals surface area contributed by atoms with Crippen LogP contribution in [-0.4, -0.2) is 70.8 Å². The molecule has 10 heteroatoms. The molecule has 3 aliphatic rings. The molecule has 1 N–H and O–H groups in total. The first-order valence-corrected chi connectivity index (χ1v) is 13.4. The number of likely N-dealkylation sites (N-methyl/N-ethyl adjacent to an activating group) is 1. The summed E-state index contributed by atoms with van der Waals surface area (Å²) < 4.78 is 12.5. The van der Waals surface area contributed by atoms with E-state index in [4.69, 9.17) is 26.1 Å². The Kier molecular flexibility index (Phi) is 6.22. The molecule has 0 bridgehead atoms. The first kappa shape index (κ1) is 25.3. The lowest BCUT2D eigenvalue weighted by atomic mass is 9.85. The third-order valence-electron chi connectivity index (χ3n) is 8.31. The number of benzene rings is 1. The number of hydrogen-bond acceptors (Lipinski definition) is 8. The molecule has 1 aromatic carbocycles. The number of pyridine rings is 2. The average Bonchev–Trinajstić information content (AvgIpc) is 3.20. The molecule has 1 saturated heterocycles. The highest BCUT2D eigenvalue weighted by molar-refractivity contribution is 6.32. The van der Waals surface area contributed by atoms with Crippen LogP contribution in [0.2, 0.25) is 5.02 Å². The summed E-state index contributed by atoms with van der Waals surface area (Å²) in [5.41, 5.74) is 3.18. The van der Waals surface area contributed by atoms with E-state index >= 15 is 0 Å². The van der Waals surface area contributed by atoms with Crippen molar-refractivity contribution in [1.82, 2.24) is 19.4 Å². The van der Waals surface area contributed by atoms with Crippen molar-refractivity contribution in [2.24, 2.45) is 0 Å². The molecule has 0 amide bonds. The van der Waals surface area contributed by atoms with E-state index in [1.54, 1.807) is 18.6 Å². The van der Waals surface area contributed by atoms with E-state index in [1.165, 1.54) is 0 Å². The van der Waals surface area contributed by atoms with E-state index < -0.39 is 11.6 Å². The molecule has 38 heavy (non-hydrogen) atoms. The zero-order chi connectivity index (χ0) is 26.8. The lowest BCUT2D eigenvalue weighted by Gasteiger charge is -2.33. The van der Waals surface area contributed by atoms with Gasteiger partial charge in [-0.1, -0.05) is 18.5 Å². The molecule has 5 heterocycles.